The van der Waals surface area contributed by atoms with Crippen LogP contribution in [0.5, 0.6) is 0 Å². The van der Waals surface area contributed by atoms with Crippen molar-refractivity contribution in [2.75, 3.05) is 37.7 Å². The van der Waals surface area contributed by atoms with Gasteiger partial charge in [-0.3, -0.25) is 9.89 Å². The van der Waals surface area contributed by atoms with Gasteiger partial charge in [-0.25, -0.2) is 8.42 Å². The van der Waals surface area contributed by atoms with Gasteiger partial charge in [0.1, 0.15) is 0 Å². The Morgan fingerprint density at radius 3 is 2.78 bits per heavy atom. The maximum atomic E-state index is 12.2. The van der Waals surface area contributed by atoms with Crippen molar-refractivity contribution in [1.29, 1.82) is 0 Å². The van der Waals surface area contributed by atoms with Gasteiger partial charge in [0.15, 0.2) is 15.5 Å². The lowest BCUT2D eigenvalue weighted by molar-refractivity contribution is 0.0948. The second kappa shape index (κ2) is 6.67. The molecule has 1 aliphatic rings. The number of sulfone groups is 1. The van der Waals surface area contributed by atoms with Gasteiger partial charge in [-0.1, -0.05) is 18.2 Å². The van der Waals surface area contributed by atoms with Crippen molar-refractivity contribution in [2.45, 2.75) is 6.42 Å². The number of carbonyl (C=O) groups excluding carboxylic acids is 1. The fraction of sp³-hybridized carbons (Fsp3) is 0.467. The first-order valence-corrected chi connectivity index (χ1v) is 9.51. The molecule has 2 heterocycles. The van der Waals surface area contributed by atoms with Crippen molar-refractivity contribution in [3.8, 4) is 0 Å². The summed E-state index contributed by atoms with van der Waals surface area (Å²) in [4.78, 5) is 14.3. The topological polar surface area (TPSA) is 95.2 Å². The fourth-order valence-corrected chi connectivity index (χ4v) is 3.98. The van der Waals surface area contributed by atoms with Gasteiger partial charge in [-0.15, -0.1) is 0 Å². The van der Waals surface area contributed by atoms with E-state index in [1.165, 1.54) is 0 Å². The molecule has 1 saturated heterocycles. The minimum atomic E-state index is -2.83. The van der Waals surface area contributed by atoms with E-state index in [1.54, 1.807) is 0 Å². The van der Waals surface area contributed by atoms with Crippen LogP contribution >= 0.6 is 0 Å². The number of aromatic nitrogens is 2. The van der Waals surface area contributed by atoms with Crippen LogP contribution in [0.25, 0.3) is 10.9 Å². The highest BCUT2D eigenvalue weighted by Gasteiger charge is 2.21. The maximum absolute atomic E-state index is 12.2. The molecule has 1 fully saturated rings. The molecule has 0 bridgehead atoms. The summed E-state index contributed by atoms with van der Waals surface area (Å²) in [7, 11) is -2.83. The maximum Gasteiger partial charge on any atom is 0.272 e. The molecule has 0 atom stereocenters. The van der Waals surface area contributed by atoms with Crippen LogP contribution < -0.4 is 5.32 Å². The van der Waals surface area contributed by atoms with Crippen LogP contribution in [0.3, 0.4) is 0 Å². The van der Waals surface area contributed by atoms with Gasteiger partial charge < -0.3 is 10.2 Å². The Kier molecular flexibility index (Phi) is 4.63. The first kappa shape index (κ1) is 15.9. The molecule has 7 nitrogen and oxygen atoms in total. The van der Waals surface area contributed by atoms with Gasteiger partial charge in [0, 0.05) is 25.0 Å². The van der Waals surface area contributed by atoms with Crippen LogP contribution in [0.2, 0.25) is 0 Å². The molecule has 1 amide bonds. The number of fused-ring (bicyclic) bond motifs is 1. The Hall–Kier alpha value is -1.93. The Bertz CT molecular complexity index is 786. The van der Waals surface area contributed by atoms with E-state index in [9.17, 15) is 13.2 Å². The third-order valence-corrected chi connectivity index (χ3v) is 5.67. The van der Waals surface area contributed by atoms with Crippen LogP contribution in [-0.2, 0) is 9.84 Å². The highest BCUT2D eigenvalue weighted by atomic mass is 32.2. The molecule has 1 aromatic heterocycles. The summed E-state index contributed by atoms with van der Waals surface area (Å²) in [6.07, 6.45) is 0.786. The Morgan fingerprint density at radius 2 is 2.00 bits per heavy atom. The van der Waals surface area contributed by atoms with Crippen molar-refractivity contribution in [3.63, 3.8) is 0 Å². The van der Waals surface area contributed by atoms with Gasteiger partial charge in [0.25, 0.3) is 5.91 Å². The Balaban J connectivity index is 1.45. The number of nitrogens with zero attached hydrogens (tertiary/aromatic N) is 2. The zero-order valence-electron chi connectivity index (χ0n) is 12.8. The summed E-state index contributed by atoms with van der Waals surface area (Å²) in [5.41, 5.74) is 1.25. The standard InChI is InChI=1S/C15H20N4O3S/c20-15(14-12-4-1-2-5-13(12)17-18-14)16-6-3-7-19-8-10-23(21,22)11-9-19/h1-2,4-5H,3,6-11H2,(H,16,20)(H,17,18). The van der Waals surface area contributed by atoms with E-state index in [0.717, 1.165) is 23.9 Å². The first-order chi connectivity index (χ1) is 11.1. The smallest absolute Gasteiger partial charge is 0.272 e. The molecule has 0 aliphatic carbocycles. The molecular formula is C15H20N4O3S. The summed E-state index contributed by atoms with van der Waals surface area (Å²) >= 11 is 0. The Morgan fingerprint density at radius 1 is 1.26 bits per heavy atom. The molecule has 0 saturated carbocycles. The lowest BCUT2D eigenvalue weighted by atomic mass is 10.2. The van der Waals surface area contributed by atoms with Crippen LogP contribution in [0, 0.1) is 0 Å². The van der Waals surface area contributed by atoms with Gasteiger partial charge in [0.2, 0.25) is 0 Å². The van der Waals surface area contributed by atoms with E-state index >= 15 is 0 Å². The van der Waals surface area contributed by atoms with Crippen LogP contribution in [-0.4, -0.2) is 67.1 Å². The number of benzene rings is 1. The van der Waals surface area contributed by atoms with Crippen LogP contribution in [0.1, 0.15) is 16.9 Å². The average Bonchev–Trinajstić information content (AvgIpc) is 2.97. The number of nitrogens with one attached hydrogen (secondary N) is 2. The van der Waals surface area contributed by atoms with Crippen LogP contribution in [0.4, 0.5) is 0 Å². The van der Waals surface area contributed by atoms with Crippen molar-refractivity contribution >= 4 is 26.6 Å². The quantitative estimate of drug-likeness (QED) is 0.771. The Labute approximate surface area is 135 Å². The largest absolute Gasteiger partial charge is 0.351 e. The van der Waals surface area contributed by atoms with Gasteiger partial charge >= 0.3 is 0 Å². The molecule has 2 N–H and O–H groups in total. The lowest BCUT2D eigenvalue weighted by Crippen LogP contribution is -2.41. The molecule has 8 heteroatoms. The average molecular weight is 336 g/mol. The number of hydrogen-bond donors (Lipinski definition) is 2. The normalized spacial score (nSPS) is 18.1. The lowest BCUT2D eigenvalue weighted by Gasteiger charge is -2.26. The molecule has 0 unspecified atom stereocenters. The van der Waals surface area contributed by atoms with Crippen molar-refractivity contribution in [3.05, 3.63) is 30.0 Å². The highest BCUT2D eigenvalue weighted by molar-refractivity contribution is 7.91. The number of para-hydroxylation sites is 1. The van der Waals surface area contributed by atoms with Crippen molar-refractivity contribution < 1.29 is 13.2 Å². The summed E-state index contributed by atoms with van der Waals surface area (Å²) in [6, 6.07) is 7.51. The third-order valence-electron chi connectivity index (χ3n) is 4.06. The van der Waals surface area contributed by atoms with Crippen LogP contribution in [0.15, 0.2) is 24.3 Å². The van der Waals surface area contributed by atoms with E-state index in [-0.39, 0.29) is 17.4 Å². The molecule has 0 spiro atoms. The number of H-pyrrole nitrogens is 1. The predicted octanol–water partition coefficient (Wildman–Crippen LogP) is 0.413. The van der Waals surface area contributed by atoms with E-state index in [4.69, 9.17) is 0 Å². The van der Waals surface area contributed by atoms with E-state index in [0.29, 0.717) is 25.3 Å². The zero-order valence-corrected chi connectivity index (χ0v) is 13.6. The molecule has 2 aromatic rings. The van der Waals surface area contributed by atoms with E-state index in [2.05, 4.69) is 20.4 Å². The third kappa shape index (κ3) is 3.89. The number of hydrogen-bond acceptors (Lipinski definition) is 5. The van der Waals surface area contributed by atoms with Gasteiger partial charge in [-0.2, -0.15) is 5.10 Å². The number of carbonyl (C=O) groups is 1. The monoisotopic (exact) mass is 336 g/mol. The van der Waals surface area contributed by atoms with Gasteiger partial charge in [-0.05, 0) is 19.0 Å². The zero-order chi connectivity index (χ0) is 16.3. The van der Waals surface area contributed by atoms with Gasteiger partial charge in [0.05, 0.1) is 17.0 Å². The van der Waals surface area contributed by atoms with Crippen molar-refractivity contribution in [1.82, 2.24) is 20.4 Å². The SMILES string of the molecule is O=C(NCCCN1CCS(=O)(=O)CC1)c1n[nH]c2ccccc12. The summed E-state index contributed by atoms with van der Waals surface area (Å²) in [5, 5.41) is 10.6. The molecule has 124 valence electrons. The van der Waals surface area contributed by atoms with Crippen molar-refractivity contribution in [2.24, 2.45) is 0 Å². The second-order valence-electron chi connectivity index (χ2n) is 5.72. The molecule has 1 aromatic carbocycles. The van der Waals surface area contributed by atoms with E-state index in [1.807, 2.05) is 24.3 Å². The second-order valence-corrected chi connectivity index (χ2v) is 8.02. The predicted molar refractivity (Wildman–Crippen MR) is 88.1 cm³/mol. The van der Waals surface area contributed by atoms with E-state index < -0.39 is 9.84 Å². The number of amides is 1. The number of rotatable bonds is 5. The summed E-state index contributed by atoms with van der Waals surface area (Å²) in [6.45, 7) is 2.50. The molecule has 1 aliphatic heterocycles. The number of aromatic amines is 1. The highest BCUT2D eigenvalue weighted by Crippen LogP contribution is 2.14. The minimum absolute atomic E-state index is 0.191. The summed E-state index contributed by atoms with van der Waals surface area (Å²) in [5.74, 6) is 0.278. The molecule has 3 rings (SSSR count). The molecule has 23 heavy (non-hydrogen) atoms. The first-order valence-electron chi connectivity index (χ1n) is 7.69. The molecule has 0 radical (unpaired) electrons. The fourth-order valence-electron chi connectivity index (χ4n) is 2.70. The molecular weight excluding hydrogens is 316 g/mol. The minimum Gasteiger partial charge on any atom is -0.351 e. The summed E-state index contributed by atoms with van der Waals surface area (Å²) < 4.78 is 22.7.